The van der Waals surface area contributed by atoms with E-state index in [1.54, 1.807) is 32.9 Å². The number of esters is 2. The molecule has 26 heavy (non-hydrogen) atoms. The topological polar surface area (TPSA) is 85.4 Å². The SMILES string of the molecule is C=C1C(=O)O[C@@H]2C=C(C)[C@H](O)C[C@@H]3O[C@]3(C)C[C@@H](OC(=O)C(C)=CC)[C@@H]12. The van der Waals surface area contributed by atoms with Crippen LogP contribution in [0.3, 0.4) is 0 Å². The minimum atomic E-state index is -0.667. The van der Waals surface area contributed by atoms with Crippen molar-refractivity contribution in [1.82, 2.24) is 0 Å². The van der Waals surface area contributed by atoms with Gasteiger partial charge in [0.25, 0.3) is 0 Å². The normalized spacial score (nSPS) is 40.1. The number of hydrogen-bond acceptors (Lipinski definition) is 6. The highest BCUT2D eigenvalue weighted by molar-refractivity contribution is 5.92. The second-order valence-electron chi connectivity index (χ2n) is 7.62. The second-order valence-corrected chi connectivity index (χ2v) is 7.62. The molecule has 6 nitrogen and oxygen atoms in total. The van der Waals surface area contributed by atoms with Gasteiger partial charge in [0.1, 0.15) is 12.2 Å². The van der Waals surface area contributed by atoms with Gasteiger partial charge in [-0.1, -0.05) is 12.7 Å². The summed E-state index contributed by atoms with van der Waals surface area (Å²) in [5.41, 5.74) is 0.974. The van der Waals surface area contributed by atoms with E-state index in [-0.39, 0.29) is 11.7 Å². The average molecular weight is 362 g/mol. The van der Waals surface area contributed by atoms with Gasteiger partial charge in [-0.3, -0.25) is 0 Å². The van der Waals surface area contributed by atoms with Crippen LogP contribution in [0.4, 0.5) is 0 Å². The molecule has 0 spiro atoms. The molecule has 0 radical (unpaired) electrons. The van der Waals surface area contributed by atoms with Gasteiger partial charge in [0.2, 0.25) is 0 Å². The first-order valence-corrected chi connectivity index (χ1v) is 8.94. The number of rotatable bonds is 2. The summed E-state index contributed by atoms with van der Waals surface area (Å²) in [6.45, 7) is 11.0. The van der Waals surface area contributed by atoms with Gasteiger partial charge < -0.3 is 19.3 Å². The summed E-state index contributed by atoms with van der Waals surface area (Å²) < 4.78 is 17.0. The maximum absolute atomic E-state index is 12.4. The van der Waals surface area contributed by atoms with Gasteiger partial charge in [-0.05, 0) is 39.3 Å². The van der Waals surface area contributed by atoms with Crippen molar-refractivity contribution in [3.05, 3.63) is 35.5 Å². The van der Waals surface area contributed by atoms with Gasteiger partial charge in [-0.2, -0.15) is 0 Å². The lowest BCUT2D eigenvalue weighted by molar-refractivity contribution is -0.148. The summed E-state index contributed by atoms with van der Waals surface area (Å²) in [6.07, 6.45) is 2.29. The quantitative estimate of drug-likeness (QED) is 0.351. The minimum absolute atomic E-state index is 0.118. The predicted octanol–water partition coefficient (Wildman–Crippen LogP) is 2.22. The molecule has 6 atom stereocenters. The zero-order valence-electron chi connectivity index (χ0n) is 15.7. The van der Waals surface area contributed by atoms with Gasteiger partial charge in [-0.15, -0.1) is 0 Å². The molecule has 1 aliphatic carbocycles. The van der Waals surface area contributed by atoms with Crippen LogP contribution in [0.1, 0.15) is 40.5 Å². The first-order chi connectivity index (χ1) is 12.2. The molecule has 3 rings (SSSR count). The fourth-order valence-electron chi connectivity index (χ4n) is 3.70. The third-order valence-corrected chi connectivity index (χ3v) is 5.71. The number of carbonyl (C=O) groups is 2. The molecule has 0 aromatic rings. The van der Waals surface area contributed by atoms with E-state index in [2.05, 4.69) is 6.58 Å². The molecule has 0 aromatic carbocycles. The van der Waals surface area contributed by atoms with Gasteiger partial charge >= 0.3 is 11.9 Å². The van der Waals surface area contributed by atoms with Crippen LogP contribution in [0.15, 0.2) is 35.5 Å². The van der Waals surface area contributed by atoms with Crippen LogP contribution >= 0.6 is 0 Å². The molecule has 142 valence electrons. The Morgan fingerprint density at radius 2 is 2.19 bits per heavy atom. The van der Waals surface area contributed by atoms with Crippen molar-refractivity contribution in [2.24, 2.45) is 5.92 Å². The lowest BCUT2D eigenvalue weighted by atomic mass is 9.82. The standard InChI is InChI=1S/C20H26O6/c1-6-10(2)18(22)25-15-9-20(5)16(26-20)8-13(21)11(3)7-14-17(15)12(4)19(23)24-14/h6-7,13-17,21H,4,8-9H2,1-3,5H3/t13-,14-,15-,16+,17+,20-/m1/s1. The van der Waals surface area contributed by atoms with Crippen LogP contribution in [-0.4, -0.2) is 47.1 Å². The summed E-state index contributed by atoms with van der Waals surface area (Å²) in [4.78, 5) is 24.5. The summed E-state index contributed by atoms with van der Waals surface area (Å²) in [6, 6.07) is 0. The van der Waals surface area contributed by atoms with Crippen molar-refractivity contribution in [3.8, 4) is 0 Å². The molecule has 0 bridgehead atoms. The molecule has 2 heterocycles. The van der Waals surface area contributed by atoms with E-state index >= 15 is 0 Å². The van der Waals surface area contributed by atoms with Gasteiger partial charge in [0, 0.05) is 24.0 Å². The highest BCUT2D eigenvalue weighted by Crippen LogP contribution is 2.47. The van der Waals surface area contributed by atoms with E-state index in [4.69, 9.17) is 14.2 Å². The number of aliphatic hydroxyl groups is 1. The molecule has 0 amide bonds. The summed E-state index contributed by atoms with van der Waals surface area (Å²) in [7, 11) is 0. The van der Waals surface area contributed by atoms with Crippen LogP contribution in [0.2, 0.25) is 0 Å². The third kappa shape index (κ3) is 3.35. The van der Waals surface area contributed by atoms with E-state index in [0.717, 1.165) is 0 Å². The fourth-order valence-corrected chi connectivity index (χ4v) is 3.70. The Hall–Kier alpha value is -1.92. The molecule has 2 aliphatic heterocycles. The maximum atomic E-state index is 12.4. The van der Waals surface area contributed by atoms with Crippen LogP contribution in [0, 0.1) is 5.92 Å². The fraction of sp³-hybridized carbons (Fsp3) is 0.600. The molecule has 0 saturated carbocycles. The number of carbonyl (C=O) groups excluding carboxylic acids is 2. The van der Waals surface area contributed by atoms with Crippen molar-refractivity contribution < 1.29 is 28.9 Å². The van der Waals surface area contributed by atoms with Gasteiger partial charge in [-0.25, -0.2) is 9.59 Å². The molecular weight excluding hydrogens is 336 g/mol. The lowest BCUT2D eigenvalue weighted by Gasteiger charge is -2.29. The van der Waals surface area contributed by atoms with Crippen LogP contribution in [0.25, 0.3) is 0 Å². The summed E-state index contributed by atoms with van der Waals surface area (Å²) in [5, 5.41) is 10.4. The molecule has 1 N–H and O–H groups in total. The summed E-state index contributed by atoms with van der Waals surface area (Å²) in [5.74, 6) is -1.43. The highest BCUT2D eigenvalue weighted by atomic mass is 16.6. The first kappa shape index (κ1) is 18.9. The zero-order valence-corrected chi connectivity index (χ0v) is 15.7. The molecule has 0 unspecified atom stereocenters. The molecule has 3 aliphatic rings. The monoisotopic (exact) mass is 362 g/mol. The Labute approximate surface area is 153 Å². The lowest BCUT2D eigenvalue weighted by Crippen LogP contribution is -2.37. The summed E-state index contributed by atoms with van der Waals surface area (Å²) >= 11 is 0. The first-order valence-electron chi connectivity index (χ1n) is 8.94. The Morgan fingerprint density at radius 1 is 1.50 bits per heavy atom. The zero-order chi connectivity index (χ0) is 19.2. The Morgan fingerprint density at radius 3 is 2.85 bits per heavy atom. The van der Waals surface area contributed by atoms with E-state index < -0.39 is 41.8 Å². The number of aliphatic hydroxyl groups excluding tert-OH is 1. The molecule has 2 saturated heterocycles. The second kappa shape index (κ2) is 6.67. The molecule has 2 fully saturated rings. The van der Waals surface area contributed by atoms with E-state index in [1.807, 2.05) is 6.92 Å². The van der Waals surface area contributed by atoms with Crippen LogP contribution in [-0.2, 0) is 23.8 Å². The Bertz CT molecular complexity index is 705. The minimum Gasteiger partial charge on any atom is -0.458 e. The molecule has 6 heteroatoms. The average Bonchev–Trinajstić information content (AvgIpc) is 3.11. The highest BCUT2D eigenvalue weighted by Gasteiger charge is 2.57. The van der Waals surface area contributed by atoms with Gasteiger partial charge in [0.15, 0.2) is 0 Å². The number of hydrogen-bond donors (Lipinski definition) is 1. The smallest absolute Gasteiger partial charge is 0.334 e. The maximum Gasteiger partial charge on any atom is 0.334 e. The number of ether oxygens (including phenoxy) is 3. The Balaban J connectivity index is 1.98. The third-order valence-electron chi connectivity index (χ3n) is 5.71. The van der Waals surface area contributed by atoms with Crippen molar-refractivity contribution >= 4 is 11.9 Å². The number of epoxide rings is 1. The number of allylic oxidation sites excluding steroid dienone is 1. The Kier molecular flexibility index (Phi) is 4.84. The van der Waals surface area contributed by atoms with Crippen molar-refractivity contribution in [1.29, 1.82) is 0 Å². The predicted molar refractivity (Wildman–Crippen MR) is 94.1 cm³/mol. The van der Waals surface area contributed by atoms with Crippen molar-refractivity contribution in [2.45, 2.75) is 70.6 Å². The molecule has 0 aromatic heterocycles. The van der Waals surface area contributed by atoms with Crippen molar-refractivity contribution in [2.75, 3.05) is 0 Å². The molecular formula is C20H26O6. The van der Waals surface area contributed by atoms with E-state index in [1.165, 1.54) is 0 Å². The van der Waals surface area contributed by atoms with E-state index in [9.17, 15) is 14.7 Å². The largest absolute Gasteiger partial charge is 0.458 e. The van der Waals surface area contributed by atoms with Crippen LogP contribution in [0.5, 0.6) is 0 Å². The van der Waals surface area contributed by atoms with Crippen molar-refractivity contribution in [3.63, 3.8) is 0 Å². The van der Waals surface area contributed by atoms with Crippen LogP contribution < -0.4 is 0 Å². The number of fused-ring (bicyclic) bond motifs is 2. The van der Waals surface area contributed by atoms with E-state index in [0.29, 0.717) is 24.0 Å². The van der Waals surface area contributed by atoms with Gasteiger partial charge in [0.05, 0.1) is 23.7 Å².